The molecule has 1 N–H and O–H groups in total. The zero-order chi connectivity index (χ0) is 20.1. The van der Waals surface area contributed by atoms with Gasteiger partial charge in [0.1, 0.15) is 11.5 Å². The Labute approximate surface area is 173 Å². The summed E-state index contributed by atoms with van der Waals surface area (Å²) in [7, 11) is 0. The van der Waals surface area contributed by atoms with E-state index >= 15 is 0 Å². The maximum Gasteiger partial charge on any atom is 0.271 e. The van der Waals surface area contributed by atoms with Crippen molar-refractivity contribution in [2.45, 2.75) is 72.3 Å². The lowest BCUT2D eigenvalue weighted by Crippen LogP contribution is -2.25. The summed E-state index contributed by atoms with van der Waals surface area (Å²) < 4.78 is 2.25. The number of imidazole rings is 1. The topological polar surface area (TPSA) is 46.9 Å². The Morgan fingerprint density at radius 3 is 2.71 bits per heavy atom. The van der Waals surface area contributed by atoms with Crippen LogP contribution in [0.3, 0.4) is 0 Å². The third kappa shape index (κ3) is 4.78. The standard InChI is InChI=1S/C23H32ClN3O/c1-4-5-13-25-23(28)21-17(3)27(15-18-9-7-6-8-10-18)22(26-21)20-14-19(24)12-11-16(20)2/h11-12,14,18H,4-10,13,15H2,1-3H3,(H,25,28). The van der Waals surface area contributed by atoms with Gasteiger partial charge in [-0.3, -0.25) is 4.79 Å². The van der Waals surface area contributed by atoms with Gasteiger partial charge in [-0.05, 0) is 56.7 Å². The molecule has 0 atom stereocenters. The van der Waals surface area contributed by atoms with Gasteiger partial charge in [0.05, 0.1) is 0 Å². The predicted octanol–water partition coefficient (Wildman–Crippen LogP) is 5.93. The third-order valence-electron chi connectivity index (χ3n) is 5.86. The van der Waals surface area contributed by atoms with E-state index < -0.39 is 0 Å². The SMILES string of the molecule is CCCCNC(=O)c1nc(-c2cc(Cl)ccc2C)n(CC2CCCCC2)c1C. The highest BCUT2D eigenvalue weighted by molar-refractivity contribution is 6.30. The first-order valence-electron chi connectivity index (χ1n) is 10.6. The lowest BCUT2D eigenvalue weighted by atomic mass is 9.89. The van der Waals surface area contributed by atoms with Crippen LogP contribution in [0.4, 0.5) is 0 Å². The molecule has 0 saturated heterocycles. The van der Waals surface area contributed by atoms with E-state index in [1.54, 1.807) is 0 Å². The highest BCUT2D eigenvalue weighted by atomic mass is 35.5. The first-order chi connectivity index (χ1) is 13.5. The fourth-order valence-corrected chi connectivity index (χ4v) is 4.28. The smallest absolute Gasteiger partial charge is 0.271 e. The first kappa shape index (κ1) is 20.9. The van der Waals surface area contributed by atoms with Gasteiger partial charge in [0.15, 0.2) is 0 Å². The number of rotatable bonds is 7. The van der Waals surface area contributed by atoms with Crippen LogP contribution in [-0.4, -0.2) is 22.0 Å². The van der Waals surface area contributed by atoms with Crippen molar-refractivity contribution in [3.8, 4) is 11.4 Å². The molecule has 0 unspecified atom stereocenters. The van der Waals surface area contributed by atoms with E-state index in [4.69, 9.17) is 16.6 Å². The summed E-state index contributed by atoms with van der Waals surface area (Å²) in [5, 5.41) is 3.72. The molecule has 0 aliphatic heterocycles. The average Bonchev–Trinajstić information content (AvgIpc) is 3.01. The average molecular weight is 402 g/mol. The quantitative estimate of drug-likeness (QED) is 0.584. The molecule has 28 heavy (non-hydrogen) atoms. The molecule has 4 nitrogen and oxygen atoms in total. The second-order valence-corrected chi connectivity index (χ2v) is 8.49. The molecule has 152 valence electrons. The van der Waals surface area contributed by atoms with Gasteiger partial charge >= 0.3 is 0 Å². The first-order valence-corrected chi connectivity index (χ1v) is 11.0. The number of carbonyl (C=O) groups is 1. The molecule has 5 heteroatoms. The van der Waals surface area contributed by atoms with Crippen LogP contribution in [0, 0.1) is 19.8 Å². The van der Waals surface area contributed by atoms with Crippen LogP contribution in [0.15, 0.2) is 18.2 Å². The molecule has 0 spiro atoms. The second kappa shape index (κ2) is 9.60. The maximum absolute atomic E-state index is 12.8. The molecule has 0 radical (unpaired) electrons. The van der Waals surface area contributed by atoms with Gasteiger partial charge in [0.2, 0.25) is 0 Å². The fourth-order valence-electron chi connectivity index (χ4n) is 4.10. The largest absolute Gasteiger partial charge is 0.351 e. The number of hydrogen-bond donors (Lipinski definition) is 1. The highest BCUT2D eigenvalue weighted by Crippen LogP contribution is 2.31. The van der Waals surface area contributed by atoms with Gasteiger partial charge < -0.3 is 9.88 Å². The van der Waals surface area contributed by atoms with Crippen molar-refractivity contribution < 1.29 is 4.79 Å². The van der Waals surface area contributed by atoms with Gasteiger partial charge in [0.25, 0.3) is 5.91 Å². The number of halogens is 1. The van der Waals surface area contributed by atoms with Crippen molar-refractivity contribution in [3.63, 3.8) is 0 Å². The van der Waals surface area contributed by atoms with Crippen molar-refractivity contribution in [1.29, 1.82) is 0 Å². The lowest BCUT2D eigenvalue weighted by molar-refractivity contribution is 0.0948. The molecule has 1 aliphatic rings. The summed E-state index contributed by atoms with van der Waals surface area (Å²) in [6, 6.07) is 5.89. The van der Waals surface area contributed by atoms with E-state index in [1.807, 2.05) is 25.1 Å². The number of unbranched alkanes of at least 4 members (excludes halogenated alkanes) is 1. The van der Waals surface area contributed by atoms with Gasteiger partial charge in [-0.1, -0.05) is 50.3 Å². The van der Waals surface area contributed by atoms with Crippen LogP contribution in [0.2, 0.25) is 5.02 Å². The molecule has 0 bridgehead atoms. The normalized spacial score (nSPS) is 15.0. The molecule has 1 heterocycles. The minimum Gasteiger partial charge on any atom is -0.351 e. The summed E-state index contributed by atoms with van der Waals surface area (Å²) in [4.78, 5) is 17.6. The molecule has 1 fully saturated rings. The van der Waals surface area contributed by atoms with Crippen LogP contribution in [0.5, 0.6) is 0 Å². The van der Waals surface area contributed by atoms with Crippen LogP contribution >= 0.6 is 11.6 Å². The molecule has 1 aliphatic carbocycles. The Morgan fingerprint density at radius 2 is 2.00 bits per heavy atom. The number of benzene rings is 1. The Morgan fingerprint density at radius 1 is 1.25 bits per heavy atom. The van der Waals surface area contributed by atoms with E-state index in [-0.39, 0.29) is 5.91 Å². The molecule has 1 amide bonds. The number of hydrogen-bond acceptors (Lipinski definition) is 2. The molecule has 1 aromatic carbocycles. The van der Waals surface area contributed by atoms with Crippen molar-refractivity contribution >= 4 is 17.5 Å². The molecule has 2 aromatic rings. The Hall–Kier alpha value is -1.81. The van der Waals surface area contributed by atoms with Gasteiger partial charge in [0, 0.05) is 29.4 Å². The van der Waals surface area contributed by atoms with Gasteiger partial charge in [-0.15, -0.1) is 0 Å². The maximum atomic E-state index is 12.8. The monoisotopic (exact) mass is 401 g/mol. The molecule has 3 rings (SSSR count). The molecular weight excluding hydrogens is 370 g/mol. The Balaban J connectivity index is 1.99. The number of nitrogens with one attached hydrogen (secondary N) is 1. The van der Waals surface area contributed by atoms with E-state index in [1.165, 1.54) is 32.1 Å². The van der Waals surface area contributed by atoms with Crippen molar-refractivity contribution in [2.75, 3.05) is 6.54 Å². The minimum atomic E-state index is -0.0747. The zero-order valence-corrected chi connectivity index (χ0v) is 18.1. The predicted molar refractivity (Wildman–Crippen MR) is 116 cm³/mol. The summed E-state index contributed by atoms with van der Waals surface area (Å²) in [5.41, 5.74) is 3.63. The summed E-state index contributed by atoms with van der Waals surface area (Å²) in [6.07, 6.45) is 8.48. The van der Waals surface area contributed by atoms with Gasteiger partial charge in [-0.2, -0.15) is 0 Å². The molecule has 1 saturated carbocycles. The van der Waals surface area contributed by atoms with Crippen molar-refractivity contribution in [3.05, 3.63) is 40.2 Å². The summed E-state index contributed by atoms with van der Waals surface area (Å²) in [5.74, 6) is 1.44. The molecule has 1 aromatic heterocycles. The van der Waals surface area contributed by atoms with E-state index in [9.17, 15) is 4.79 Å². The van der Waals surface area contributed by atoms with Crippen LogP contribution in [-0.2, 0) is 6.54 Å². The third-order valence-corrected chi connectivity index (χ3v) is 6.09. The van der Waals surface area contributed by atoms with Crippen LogP contribution in [0.1, 0.15) is 73.6 Å². The zero-order valence-electron chi connectivity index (χ0n) is 17.4. The van der Waals surface area contributed by atoms with Gasteiger partial charge in [-0.25, -0.2) is 4.98 Å². The fraction of sp³-hybridized carbons (Fsp3) is 0.565. The highest BCUT2D eigenvalue weighted by Gasteiger charge is 2.24. The van der Waals surface area contributed by atoms with Crippen molar-refractivity contribution in [2.24, 2.45) is 5.92 Å². The number of aromatic nitrogens is 2. The lowest BCUT2D eigenvalue weighted by Gasteiger charge is -2.24. The summed E-state index contributed by atoms with van der Waals surface area (Å²) in [6.45, 7) is 7.82. The Kier molecular flexibility index (Phi) is 7.17. The van der Waals surface area contributed by atoms with E-state index in [0.29, 0.717) is 23.2 Å². The number of aryl methyl sites for hydroxylation is 1. The Bertz CT molecular complexity index is 821. The van der Waals surface area contributed by atoms with E-state index in [0.717, 1.165) is 42.0 Å². The van der Waals surface area contributed by atoms with Crippen LogP contribution < -0.4 is 5.32 Å². The number of nitrogens with zero attached hydrogens (tertiary/aromatic N) is 2. The number of carbonyl (C=O) groups excluding carboxylic acids is 1. The number of amides is 1. The van der Waals surface area contributed by atoms with Crippen molar-refractivity contribution in [1.82, 2.24) is 14.9 Å². The van der Waals surface area contributed by atoms with E-state index in [2.05, 4.69) is 23.7 Å². The second-order valence-electron chi connectivity index (χ2n) is 8.05. The van der Waals surface area contributed by atoms with Crippen LogP contribution in [0.25, 0.3) is 11.4 Å². The minimum absolute atomic E-state index is 0.0747. The summed E-state index contributed by atoms with van der Waals surface area (Å²) >= 11 is 6.29. The molecular formula is C23H32ClN3O.